The van der Waals surface area contributed by atoms with Crippen molar-refractivity contribution in [3.8, 4) is 0 Å². The highest BCUT2D eigenvalue weighted by atomic mass is 19.2. The molecule has 0 spiro atoms. The fourth-order valence-electron chi connectivity index (χ4n) is 1.57. The molecule has 104 valence electrons. The van der Waals surface area contributed by atoms with E-state index in [2.05, 4.69) is 15.7 Å². The first-order valence-electron chi connectivity index (χ1n) is 5.75. The van der Waals surface area contributed by atoms with Crippen LogP contribution in [0.3, 0.4) is 0 Å². The highest BCUT2D eigenvalue weighted by Gasteiger charge is 2.08. The van der Waals surface area contributed by atoms with Gasteiger partial charge in [0, 0.05) is 12.7 Å². The van der Waals surface area contributed by atoms with Crippen molar-refractivity contribution in [3.63, 3.8) is 0 Å². The standard InChI is InChI=1S/C13H12F2N4O/c14-10-2-1-8(5-11(10)15)7-18-13(20)12-6-9(19-16)3-4-17-12/h1-6H,7,16H2,(H,17,19)(H,18,20). The molecule has 1 aromatic carbocycles. The summed E-state index contributed by atoms with van der Waals surface area (Å²) < 4.78 is 25.8. The Morgan fingerprint density at radius 3 is 2.70 bits per heavy atom. The average molecular weight is 278 g/mol. The molecule has 0 unspecified atom stereocenters. The molecule has 0 saturated heterocycles. The number of hydrazine groups is 1. The summed E-state index contributed by atoms with van der Waals surface area (Å²) in [5.74, 6) is 2.91. The molecule has 4 N–H and O–H groups in total. The number of carbonyl (C=O) groups excluding carboxylic acids is 1. The first-order chi connectivity index (χ1) is 9.60. The van der Waals surface area contributed by atoms with Crippen molar-refractivity contribution in [2.45, 2.75) is 6.54 Å². The minimum atomic E-state index is -0.954. The van der Waals surface area contributed by atoms with Crippen LogP contribution in [-0.2, 0) is 6.54 Å². The summed E-state index contributed by atoms with van der Waals surface area (Å²) in [5, 5.41) is 2.55. The van der Waals surface area contributed by atoms with Gasteiger partial charge in [0.2, 0.25) is 0 Å². The van der Waals surface area contributed by atoms with E-state index in [1.165, 1.54) is 18.3 Å². The number of rotatable bonds is 4. The normalized spacial score (nSPS) is 10.2. The van der Waals surface area contributed by atoms with E-state index in [4.69, 9.17) is 5.84 Å². The largest absolute Gasteiger partial charge is 0.347 e. The molecule has 2 aromatic rings. The molecule has 0 radical (unpaired) electrons. The second-order valence-electron chi connectivity index (χ2n) is 4.01. The maximum Gasteiger partial charge on any atom is 0.270 e. The molecule has 20 heavy (non-hydrogen) atoms. The number of halogens is 2. The number of hydrogen-bond acceptors (Lipinski definition) is 4. The number of anilines is 1. The number of pyridine rings is 1. The predicted molar refractivity (Wildman–Crippen MR) is 69.6 cm³/mol. The predicted octanol–water partition coefficient (Wildman–Crippen LogP) is 1.58. The Hall–Kier alpha value is -2.54. The number of nitrogen functional groups attached to an aromatic ring is 1. The summed E-state index contributed by atoms with van der Waals surface area (Å²) in [6.45, 7) is 0.0675. The lowest BCUT2D eigenvalue weighted by atomic mass is 10.2. The summed E-state index contributed by atoms with van der Waals surface area (Å²) in [5.41, 5.74) is 3.56. The Morgan fingerprint density at radius 1 is 1.20 bits per heavy atom. The van der Waals surface area contributed by atoms with E-state index in [-0.39, 0.29) is 12.2 Å². The zero-order chi connectivity index (χ0) is 14.5. The van der Waals surface area contributed by atoms with E-state index >= 15 is 0 Å². The molecule has 0 saturated carbocycles. The zero-order valence-corrected chi connectivity index (χ0v) is 10.4. The van der Waals surface area contributed by atoms with Gasteiger partial charge < -0.3 is 10.7 Å². The van der Waals surface area contributed by atoms with Crippen LogP contribution < -0.4 is 16.6 Å². The van der Waals surface area contributed by atoms with Crippen LogP contribution in [0.2, 0.25) is 0 Å². The number of carbonyl (C=O) groups is 1. The second kappa shape index (κ2) is 6.07. The number of hydrogen-bond donors (Lipinski definition) is 3. The van der Waals surface area contributed by atoms with Crippen LogP contribution in [0.25, 0.3) is 0 Å². The van der Waals surface area contributed by atoms with E-state index in [1.807, 2.05) is 0 Å². The highest BCUT2D eigenvalue weighted by molar-refractivity contribution is 5.93. The van der Waals surface area contributed by atoms with Crippen molar-refractivity contribution in [2.75, 3.05) is 5.43 Å². The quantitative estimate of drug-likeness (QED) is 0.586. The van der Waals surface area contributed by atoms with Gasteiger partial charge in [-0.15, -0.1) is 0 Å². The molecule has 0 aliphatic rings. The van der Waals surface area contributed by atoms with Gasteiger partial charge in [-0.05, 0) is 29.8 Å². The fourth-order valence-corrected chi connectivity index (χ4v) is 1.57. The summed E-state index contributed by atoms with van der Waals surface area (Å²) in [7, 11) is 0. The molecule has 1 amide bonds. The van der Waals surface area contributed by atoms with Gasteiger partial charge in [-0.2, -0.15) is 0 Å². The Kier molecular flexibility index (Phi) is 4.21. The molecular weight excluding hydrogens is 266 g/mol. The molecule has 5 nitrogen and oxygen atoms in total. The number of nitrogens with two attached hydrogens (primary N) is 1. The lowest BCUT2D eigenvalue weighted by molar-refractivity contribution is 0.0946. The highest BCUT2D eigenvalue weighted by Crippen LogP contribution is 2.09. The minimum absolute atomic E-state index is 0.0675. The third-order valence-corrected chi connectivity index (χ3v) is 2.60. The van der Waals surface area contributed by atoms with E-state index in [9.17, 15) is 13.6 Å². The molecule has 7 heteroatoms. The molecule has 1 aromatic heterocycles. The van der Waals surface area contributed by atoms with Crippen molar-refractivity contribution in [2.24, 2.45) is 5.84 Å². The van der Waals surface area contributed by atoms with Crippen molar-refractivity contribution in [3.05, 3.63) is 59.4 Å². The van der Waals surface area contributed by atoms with Crippen LogP contribution in [0.5, 0.6) is 0 Å². The number of amides is 1. The molecule has 0 aliphatic heterocycles. The van der Waals surface area contributed by atoms with Gasteiger partial charge in [0.15, 0.2) is 11.6 Å². The van der Waals surface area contributed by atoms with Crippen molar-refractivity contribution < 1.29 is 13.6 Å². The van der Waals surface area contributed by atoms with E-state index in [0.29, 0.717) is 11.3 Å². The molecule has 0 bridgehead atoms. The van der Waals surface area contributed by atoms with Gasteiger partial charge in [0.1, 0.15) is 5.69 Å². The lowest BCUT2D eigenvalue weighted by Crippen LogP contribution is -2.24. The van der Waals surface area contributed by atoms with Crippen LogP contribution in [0.1, 0.15) is 16.1 Å². The van der Waals surface area contributed by atoms with Crippen LogP contribution >= 0.6 is 0 Å². The summed E-state index contributed by atoms with van der Waals surface area (Å²) in [6.07, 6.45) is 1.43. The first kappa shape index (κ1) is 13.9. The van der Waals surface area contributed by atoms with Gasteiger partial charge >= 0.3 is 0 Å². The Morgan fingerprint density at radius 2 is 2.00 bits per heavy atom. The van der Waals surface area contributed by atoms with Gasteiger partial charge in [-0.25, -0.2) is 8.78 Å². The van der Waals surface area contributed by atoms with E-state index < -0.39 is 17.5 Å². The summed E-state index contributed by atoms with van der Waals surface area (Å²) >= 11 is 0. The number of benzene rings is 1. The third-order valence-electron chi connectivity index (χ3n) is 2.60. The Labute approximate surface area is 113 Å². The van der Waals surface area contributed by atoms with E-state index in [0.717, 1.165) is 12.1 Å². The SMILES string of the molecule is NNc1ccnc(C(=O)NCc2ccc(F)c(F)c2)c1. The Balaban J connectivity index is 2.02. The number of nitrogens with zero attached hydrogens (tertiary/aromatic N) is 1. The average Bonchev–Trinajstić information content (AvgIpc) is 2.48. The molecule has 2 rings (SSSR count). The van der Waals surface area contributed by atoms with Crippen molar-refractivity contribution in [1.29, 1.82) is 0 Å². The van der Waals surface area contributed by atoms with Gasteiger partial charge in [-0.3, -0.25) is 15.6 Å². The number of aromatic nitrogens is 1. The summed E-state index contributed by atoms with van der Waals surface area (Å²) in [4.78, 5) is 15.7. The molecule has 0 fully saturated rings. The van der Waals surface area contributed by atoms with E-state index in [1.54, 1.807) is 6.07 Å². The van der Waals surface area contributed by atoms with Crippen LogP contribution in [0, 0.1) is 11.6 Å². The topological polar surface area (TPSA) is 80.0 Å². The molecule has 0 aliphatic carbocycles. The third kappa shape index (κ3) is 3.27. The molecular formula is C13H12F2N4O. The van der Waals surface area contributed by atoms with Crippen LogP contribution in [0.4, 0.5) is 14.5 Å². The Bertz CT molecular complexity index is 634. The molecule has 1 heterocycles. The summed E-state index contributed by atoms with van der Waals surface area (Å²) in [6, 6.07) is 6.51. The maximum absolute atomic E-state index is 13.0. The fraction of sp³-hybridized carbons (Fsp3) is 0.0769. The van der Waals surface area contributed by atoms with Gasteiger partial charge in [0.05, 0.1) is 5.69 Å². The smallest absolute Gasteiger partial charge is 0.270 e. The van der Waals surface area contributed by atoms with Crippen LogP contribution in [0.15, 0.2) is 36.5 Å². The van der Waals surface area contributed by atoms with Crippen molar-refractivity contribution in [1.82, 2.24) is 10.3 Å². The maximum atomic E-state index is 13.0. The van der Waals surface area contributed by atoms with Gasteiger partial charge in [0.25, 0.3) is 5.91 Å². The second-order valence-corrected chi connectivity index (χ2v) is 4.01. The van der Waals surface area contributed by atoms with Gasteiger partial charge in [-0.1, -0.05) is 6.07 Å². The first-order valence-corrected chi connectivity index (χ1v) is 5.75. The van der Waals surface area contributed by atoms with Crippen molar-refractivity contribution >= 4 is 11.6 Å². The zero-order valence-electron chi connectivity index (χ0n) is 10.4. The lowest BCUT2D eigenvalue weighted by Gasteiger charge is -2.06. The molecule has 0 atom stereocenters. The van der Waals surface area contributed by atoms with Crippen LogP contribution in [-0.4, -0.2) is 10.9 Å². The monoisotopic (exact) mass is 278 g/mol. The minimum Gasteiger partial charge on any atom is -0.347 e. The number of nitrogens with one attached hydrogen (secondary N) is 2.